The van der Waals surface area contributed by atoms with Crippen molar-refractivity contribution in [2.75, 3.05) is 19.6 Å². The monoisotopic (exact) mass is 197 g/mol. The Balaban J connectivity index is 1.99. The zero-order valence-corrected chi connectivity index (χ0v) is 8.97. The van der Waals surface area contributed by atoms with Gasteiger partial charge < -0.3 is 15.2 Å². The summed E-state index contributed by atoms with van der Waals surface area (Å²) in [5.74, 6) is 0.867. The molecule has 1 aromatic heterocycles. The van der Waals surface area contributed by atoms with Crippen molar-refractivity contribution in [2.24, 2.45) is 0 Å². The van der Waals surface area contributed by atoms with Crippen molar-refractivity contribution in [3.05, 3.63) is 17.5 Å². The van der Waals surface area contributed by atoms with Gasteiger partial charge in [0, 0.05) is 25.7 Å². The van der Waals surface area contributed by atoms with E-state index < -0.39 is 0 Å². The molecule has 0 amide bonds. The van der Waals surface area contributed by atoms with Crippen LogP contribution in [-0.4, -0.2) is 24.8 Å². The van der Waals surface area contributed by atoms with Gasteiger partial charge in [-0.2, -0.15) is 0 Å². The van der Waals surface area contributed by atoms with E-state index in [4.69, 9.17) is 4.52 Å². The largest absolute Gasteiger partial charge is 0.361 e. The first-order chi connectivity index (χ1) is 6.83. The van der Waals surface area contributed by atoms with E-state index in [0.717, 1.165) is 37.6 Å². The summed E-state index contributed by atoms with van der Waals surface area (Å²) < 4.78 is 4.95. The van der Waals surface area contributed by atoms with Crippen molar-refractivity contribution in [3.8, 4) is 0 Å². The quantitative estimate of drug-likeness (QED) is 0.642. The second-order valence-corrected chi connectivity index (χ2v) is 3.36. The molecule has 1 aromatic rings. The highest BCUT2D eigenvalue weighted by atomic mass is 16.5. The third kappa shape index (κ3) is 4.39. The van der Waals surface area contributed by atoms with E-state index in [-0.39, 0.29) is 0 Å². The maximum atomic E-state index is 4.95. The molecule has 4 heteroatoms. The molecule has 0 saturated heterocycles. The molecule has 4 nitrogen and oxygen atoms in total. The van der Waals surface area contributed by atoms with Gasteiger partial charge in [-0.1, -0.05) is 12.1 Å². The van der Waals surface area contributed by atoms with E-state index in [2.05, 4.69) is 22.7 Å². The van der Waals surface area contributed by atoms with Crippen LogP contribution < -0.4 is 10.6 Å². The van der Waals surface area contributed by atoms with Crippen LogP contribution in [0.4, 0.5) is 0 Å². The van der Waals surface area contributed by atoms with E-state index in [1.54, 1.807) is 0 Å². The summed E-state index contributed by atoms with van der Waals surface area (Å²) in [6, 6.07) is 1.95. The Morgan fingerprint density at radius 3 is 2.71 bits per heavy atom. The van der Waals surface area contributed by atoms with Gasteiger partial charge in [-0.25, -0.2) is 0 Å². The standard InChI is InChI=1S/C10H19N3O/c1-3-4-11-5-6-12-8-10-7-9(2)14-13-10/h7,11-12H,3-6,8H2,1-2H3. The van der Waals surface area contributed by atoms with Gasteiger partial charge >= 0.3 is 0 Å². The Labute approximate surface area is 85.1 Å². The fraction of sp³-hybridized carbons (Fsp3) is 0.700. The van der Waals surface area contributed by atoms with Crippen molar-refractivity contribution < 1.29 is 4.52 Å². The third-order valence-corrected chi connectivity index (χ3v) is 1.89. The van der Waals surface area contributed by atoms with Gasteiger partial charge in [-0.15, -0.1) is 0 Å². The topological polar surface area (TPSA) is 50.1 Å². The molecule has 2 N–H and O–H groups in total. The maximum absolute atomic E-state index is 4.95. The Bertz CT molecular complexity index is 247. The molecule has 0 spiro atoms. The smallest absolute Gasteiger partial charge is 0.133 e. The highest BCUT2D eigenvalue weighted by Gasteiger charge is 1.98. The van der Waals surface area contributed by atoms with Crippen LogP contribution in [0, 0.1) is 6.92 Å². The molecule has 0 saturated carbocycles. The normalized spacial score (nSPS) is 10.7. The second kappa shape index (κ2) is 6.56. The van der Waals surface area contributed by atoms with Crippen LogP contribution in [0.1, 0.15) is 24.8 Å². The summed E-state index contributed by atoms with van der Waals surface area (Å²) in [5, 5.41) is 10.5. The van der Waals surface area contributed by atoms with E-state index in [9.17, 15) is 0 Å². The van der Waals surface area contributed by atoms with Crippen molar-refractivity contribution in [2.45, 2.75) is 26.8 Å². The molecule has 0 aromatic carbocycles. The average molecular weight is 197 g/mol. The van der Waals surface area contributed by atoms with Gasteiger partial charge in [0.25, 0.3) is 0 Å². The van der Waals surface area contributed by atoms with Crippen LogP contribution in [0.2, 0.25) is 0 Å². The molecule has 0 aliphatic heterocycles. The average Bonchev–Trinajstić information content (AvgIpc) is 2.58. The molecule has 80 valence electrons. The van der Waals surface area contributed by atoms with Crippen molar-refractivity contribution >= 4 is 0 Å². The zero-order chi connectivity index (χ0) is 10.2. The van der Waals surface area contributed by atoms with Crippen molar-refractivity contribution in [1.29, 1.82) is 0 Å². The summed E-state index contributed by atoms with van der Waals surface area (Å²) in [6.45, 7) is 7.91. The molecular weight excluding hydrogens is 178 g/mol. The Kier molecular flexibility index (Phi) is 5.25. The van der Waals surface area contributed by atoms with Crippen LogP contribution in [0.5, 0.6) is 0 Å². The molecule has 0 atom stereocenters. The second-order valence-electron chi connectivity index (χ2n) is 3.36. The highest BCUT2D eigenvalue weighted by molar-refractivity contribution is 5.02. The van der Waals surface area contributed by atoms with Gasteiger partial charge in [-0.05, 0) is 19.9 Å². The Hall–Kier alpha value is -0.870. The fourth-order valence-corrected chi connectivity index (χ4v) is 1.20. The molecule has 0 bridgehead atoms. The van der Waals surface area contributed by atoms with Crippen molar-refractivity contribution in [3.63, 3.8) is 0 Å². The van der Waals surface area contributed by atoms with Gasteiger partial charge in [0.2, 0.25) is 0 Å². The van der Waals surface area contributed by atoms with Crippen LogP contribution in [-0.2, 0) is 6.54 Å². The fourth-order valence-electron chi connectivity index (χ4n) is 1.20. The van der Waals surface area contributed by atoms with Gasteiger partial charge in [0.15, 0.2) is 0 Å². The van der Waals surface area contributed by atoms with E-state index in [1.165, 1.54) is 6.42 Å². The summed E-state index contributed by atoms with van der Waals surface area (Å²) in [6.07, 6.45) is 1.18. The minimum atomic E-state index is 0.783. The lowest BCUT2D eigenvalue weighted by Crippen LogP contribution is -2.27. The number of hydrogen-bond donors (Lipinski definition) is 2. The molecular formula is C10H19N3O. The molecule has 0 fully saturated rings. The maximum Gasteiger partial charge on any atom is 0.133 e. The van der Waals surface area contributed by atoms with Crippen LogP contribution >= 0.6 is 0 Å². The summed E-state index contributed by atoms with van der Waals surface area (Å²) in [7, 11) is 0. The number of hydrogen-bond acceptors (Lipinski definition) is 4. The van der Waals surface area contributed by atoms with Gasteiger partial charge in [-0.3, -0.25) is 0 Å². The molecule has 0 unspecified atom stereocenters. The SMILES string of the molecule is CCCNCCNCc1cc(C)on1. The number of nitrogens with zero attached hydrogens (tertiary/aromatic N) is 1. The summed E-state index contributed by atoms with van der Waals surface area (Å²) in [4.78, 5) is 0. The van der Waals surface area contributed by atoms with Crippen LogP contribution in [0.3, 0.4) is 0 Å². The number of rotatable bonds is 7. The van der Waals surface area contributed by atoms with Crippen LogP contribution in [0.25, 0.3) is 0 Å². The predicted octanol–water partition coefficient (Wildman–Crippen LogP) is 1.07. The number of nitrogens with one attached hydrogen (secondary N) is 2. The molecule has 1 rings (SSSR count). The highest BCUT2D eigenvalue weighted by Crippen LogP contribution is 1.99. The Morgan fingerprint density at radius 2 is 2.07 bits per heavy atom. The van der Waals surface area contributed by atoms with E-state index in [1.807, 2.05) is 13.0 Å². The first kappa shape index (κ1) is 11.2. The molecule has 0 aliphatic rings. The van der Waals surface area contributed by atoms with Gasteiger partial charge in [0.05, 0.1) is 5.69 Å². The first-order valence-electron chi connectivity index (χ1n) is 5.16. The molecule has 0 aliphatic carbocycles. The third-order valence-electron chi connectivity index (χ3n) is 1.89. The van der Waals surface area contributed by atoms with E-state index >= 15 is 0 Å². The van der Waals surface area contributed by atoms with Crippen LogP contribution in [0.15, 0.2) is 10.6 Å². The van der Waals surface area contributed by atoms with E-state index in [0.29, 0.717) is 0 Å². The zero-order valence-electron chi connectivity index (χ0n) is 8.97. The minimum absolute atomic E-state index is 0.783. The molecule has 14 heavy (non-hydrogen) atoms. The first-order valence-corrected chi connectivity index (χ1v) is 5.16. The lowest BCUT2D eigenvalue weighted by molar-refractivity contribution is 0.388. The predicted molar refractivity (Wildman–Crippen MR) is 56.1 cm³/mol. The number of aromatic nitrogens is 1. The summed E-state index contributed by atoms with van der Waals surface area (Å²) in [5.41, 5.74) is 0.970. The minimum Gasteiger partial charge on any atom is -0.361 e. The lowest BCUT2D eigenvalue weighted by Gasteiger charge is -2.03. The Morgan fingerprint density at radius 1 is 1.29 bits per heavy atom. The van der Waals surface area contributed by atoms with Crippen molar-refractivity contribution in [1.82, 2.24) is 15.8 Å². The summed E-state index contributed by atoms with van der Waals surface area (Å²) >= 11 is 0. The molecule has 1 heterocycles. The number of aryl methyl sites for hydroxylation is 1. The lowest BCUT2D eigenvalue weighted by atomic mass is 10.4. The van der Waals surface area contributed by atoms with Gasteiger partial charge in [0.1, 0.15) is 5.76 Å². The molecule has 0 radical (unpaired) electrons.